The van der Waals surface area contributed by atoms with Crippen LogP contribution in [0.1, 0.15) is 33.4 Å². The van der Waals surface area contributed by atoms with E-state index >= 15 is 0 Å². The average Bonchev–Trinajstić information content (AvgIpc) is 3.02. The molecule has 23 heavy (non-hydrogen) atoms. The van der Waals surface area contributed by atoms with Crippen LogP contribution in [0.3, 0.4) is 0 Å². The highest BCUT2D eigenvalue weighted by atomic mass is 16.2. The number of aromatic nitrogens is 6. The number of aryl methyl sites for hydroxylation is 4. The summed E-state index contributed by atoms with van der Waals surface area (Å²) < 4.78 is 3.19. The Kier molecular flexibility index (Phi) is 3.61. The zero-order chi connectivity index (χ0) is 16.6. The highest BCUT2D eigenvalue weighted by molar-refractivity contribution is 5.91. The molecule has 3 heterocycles. The molecule has 9 heteroatoms. The highest BCUT2D eigenvalue weighted by Crippen LogP contribution is 2.05. The van der Waals surface area contributed by atoms with Gasteiger partial charge in [0.2, 0.25) is 5.82 Å². The molecular weight excluding hydrogens is 296 g/mol. The molecule has 3 rings (SSSR count). The minimum atomic E-state index is -0.498. The molecule has 0 saturated heterocycles. The van der Waals surface area contributed by atoms with Crippen LogP contribution in [0.2, 0.25) is 0 Å². The van der Waals surface area contributed by atoms with Crippen molar-refractivity contribution >= 4 is 17.9 Å². The van der Waals surface area contributed by atoms with E-state index in [0.29, 0.717) is 5.78 Å². The van der Waals surface area contributed by atoms with Gasteiger partial charge in [-0.25, -0.2) is 14.9 Å². The Hall–Kier alpha value is -3.10. The normalized spacial score (nSPS) is 11.5. The average molecular weight is 312 g/mol. The molecule has 3 aromatic heterocycles. The maximum Gasteiger partial charge on any atom is 0.311 e. The zero-order valence-electron chi connectivity index (χ0n) is 13.3. The second-order valence-electron chi connectivity index (χ2n) is 5.22. The fourth-order valence-corrected chi connectivity index (χ4v) is 2.22. The molecular formula is C14H16N8O. The molecule has 1 amide bonds. The van der Waals surface area contributed by atoms with Gasteiger partial charge in [0, 0.05) is 18.4 Å². The summed E-state index contributed by atoms with van der Waals surface area (Å²) in [5, 5.41) is 12.2. The minimum absolute atomic E-state index is 0.0181. The standard InChI is InChI=1S/C14H16N8O/c1-8-5-10(3)22-14(16-8)17-12(20-22)13(23)18-15-7-11-6-9(2)19-21(11)4/h5-7H,1-4H3,(H,18,23). The van der Waals surface area contributed by atoms with Gasteiger partial charge in [-0.05, 0) is 32.9 Å². The van der Waals surface area contributed by atoms with Gasteiger partial charge in [-0.3, -0.25) is 9.48 Å². The Morgan fingerprint density at radius 2 is 1.96 bits per heavy atom. The lowest BCUT2D eigenvalue weighted by Crippen LogP contribution is -2.19. The number of fused-ring (bicyclic) bond motifs is 1. The molecule has 0 aliphatic carbocycles. The number of nitrogens with zero attached hydrogens (tertiary/aromatic N) is 7. The first-order chi connectivity index (χ1) is 10.9. The van der Waals surface area contributed by atoms with E-state index in [1.165, 1.54) is 10.7 Å². The second-order valence-corrected chi connectivity index (χ2v) is 5.22. The lowest BCUT2D eigenvalue weighted by atomic mass is 10.4. The number of amides is 1. The van der Waals surface area contributed by atoms with Gasteiger partial charge < -0.3 is 0 Å². The van der Waals surface area contributed by atoms with Gasteiger partial charge in [0.05, 0.1) is 17.6 Å². The molecule has 0 aliphatic heterocycles. The summed E-state index contributed by atoms with van der Waals surface area (Å²) in [6.45, 7) is 5.62. The Bertz CT molecular complexity index is 920. The molecule has 0 spiro atoms. The number of carbonyl (C=O) groups excluding carboxylic acids is 1. The lowest BCUT2D eigenvalue weighted by Gasteiger charge is -1.97. The van der Waals surface area contributed by atoms with Crippen LogP contribution in [-0.2, 0) is 7.05 Å². The molecule has 1 N–H and O–H groups in total. The number of rotatable bonds is 3. The Labute approximate surface area is 132 Å². The summed E-state index contributed by atoms with van der Waals surface area (Å²) >= 11 is 0. The third-order valence-corrected chi connectivity index (χ3v) is 3.22. The number of hydrogen-bond donors (Lipinski definition) is 1. The maximum absolute atomic E-state index is 12.1. The highest BCUT2D eigenvalue weighted by Gasteiger charge is 2.14. The van der Waals surface area contributed by atoms with Crippen LogP contribution >= 0.6 is 0 Å². The van der Waals surface area contributed by atoms with Crippen LogP contribution in [0, 0.1) is 20.8 Å². The second kappa shape index (κ2) is 5.59. The topological polar surface area (TPSA) is 102 Å². The number of hydrogen-bond acceptors (Lipinski definition) is 6. The van der Waals surface area contributed by atoms with E-state index in [2.05, 4.69) is 30.7 Å². The SMILES string of the molecule is Cc1cc(C)n2nc(C(=O)NN=Cc3cc(C)nn3C)nc2n1. The third kappa shape index (κ3) is 2.93. The molecule has 118 valence electrons. The first-order valence-electron chi connectivity index (χ1n) is 6.99. The third-order valence-electron chi connectivity index (χ3n) is 3.22. The van der Waals surface area contributed by atoms with Gasteiger partial charge in [0.15, 0.2) is 0 Å². The predicted molar refractivity (Wildman–Crippen MR) is 83.3 cm³/mol. The van der Waals surface area contributed by atoms with Crippen LogP contribution in [0.5, 0.6) is 0 Å². The smallest absolute Gasteiger partial charge is 0.267 e. The summed E-state index contributed by atoms with van der Waals surface area (Å²) in [6, 6.07) is 3.72. The Morgan fingerprint density at radius 3 is 2.65 bits per heavy atom. The number of carbonyl (C=O) groups is 1. The first kappa shape index (κ1) is 14.8. The quantitative estimate of drug-likeness (QED) is 0.562. The van der Waals surface area contributed by atoms with E-state index in [-0.39, 0.29) is 5.82 Å². The summed E-state index contributed by atoms with van der Waals surface area (Å²) in [5.74, 6) is -0.0916. The molecule has 0 aliphatic rings. The van der Waals surface area contributed by atoms with Crippen molar-refractivity contribution in [2.24, 2.45) is 12.1 Å². The van der Waals surface area contributed by atoms with Gasteiger partial charge in [-0.15, -0.1) is 5.10 Å². The van der Waals surface area contributed by atoms with E-state index in [0.717, 1.165) is 22.8 Å². The fourth-order valence-electron chi connectivity index (χ4n) is 2.22. The molecule has 0 fully saturated rings. The van der Waals surface area contributed by atoms with Crippen molar-refractivity contribution in [3.8, 4) is 0 Å². The van der Waals surface area contributed by atoms with Crippen LogP contribution in [0.4, 0.5) is 0 Å². The zero-order valence-corrected chi connectivity index (χ0v) is 13.3. The molecule has 0 aromatic carbocycles. The van der Waals surface area contributed by atoms with E-state index in [9.17, 15) is 4.79 Å². The molecule has 9 nitrogen and oxygen atoms in total. The van der Waals surface area contributed by atoms with Gasteiger partial charge in [-0.2, -0.15) is 15.2 Å². The Balaban J connectivity index is 1.78. The van der Waals surface area contributed by atoms with Crippen LogP contribution in [0.15, 0.2) is 17.2 Å². The van der Waals surface area contributed by atoms with Gasteiger partial charge in [-0.1, -0.05) is 0 Å². The molecule has 0 radical (unpaired) electrons. The summed E-state index contributed by atoms with van der Waals surface area (Å²) in [7, 11) is 1.80. The van der Waals surface area contributed by atoms with E-state index in [4.69, 9.17) is 0 Å². The first-order valence-corrected chi connectivity index (χ1v) is 6.99. The monoisotopic (exact) mass is 312 g/mol. The van der Waals surface area contributed by atoms with E-state index < -0.39 is 5.91 Å². The van der Waals surface area contributed by atoms with Crippen molar-refractivity contribution in [2.75, 3.05) is 0 Å². The van der Waals surface area contributed by atoms with Crippen molar-refractivity contribution in [1.29, 1.82) is 0 Å². The largest absolute Gasteiger partial charge is 0.311 e. The van der Waals surface area contributed by atoms with E-state index in [1.54, 1.807) is 11.7 Å². The van der Waals surface area contributed by atoms with Crippen LogP contribution in [0.25, 0.3) is 5.78 Å². The number of hydrazone groups is 1. The fraction of sp³-hybridized carbons (Fsp3) is 0.286. The maximum atomic E-state index is 12.1. The van der Waals surface area contributed by atoms with Crippen molar-refractivity contribution in [3.05, 3.63) is 40.7 Å². The summed E-state index contributed by atoms with van der Waals surface area (Å²) in [4.78, 5) is 20.4. The molecule has 0 bridgehead atoms. The van der Waals surface area contributed by atoms with Crippen molar-refractivity contribution in [3.63, 3.8) is 0 Å². The van der Waals surface area contributed by atoms with Gasteiger partial charge in [0.25, 0.3) is 5.78 Å². The van der Waals surface area contributed by atoms with Crippen LogP contribution < -0.4 is 5.43 Å². The van der Waals surface area contributed by atoms with E-state index in [1.807, 2.05) is 32.9 Å². The Morgan fingerprint density at radius 1 is 1.17 bits per heavy atom. The van der Waals surface area contributed by atoms with Crippen molar-refractivity contribution in [1.82, 2.24) is 34.8 Å². The molecule has 0 saturated carbocycles. The molecule has 3 aromatic rings. The predicted octanol–water partition coefficient (Wildman–Crippen LogP) is 0.547. The van der Waals surface area contributed by atoms with Gasteiger partial charge in [0.1, 0.15) is 0 Å². The summed E-state index contributed by atoms with van der Waals surface area (Å²) in [6.07, 6.45) is 1.52. The minimum Gasteiger partial charge on any atom is -0.267 e. The van der Waals surface area contributed by atoms with Crippen molar-refractivity contribution in [2.45, 2.75) is 20.8 Å². The van der Waals surface area contributed by atoms with Crippen LogP contribution in [-0.4, -0.2) is 41.5 Å². The van der Waals surface area contributed by atoms with Gasteiger partial charge >= 0.3 is 5.91 Å². The number of nitrogens with one attached hydrogen (secondary N) is 1. The molecule has 0 unspecified atom stereocenters. The lowest BCUT2D eigenvalue weighted by molar-refractivity contribution is 0.0945. The summed E-state index contributed by atoms with van der Waals surface area (Å²) in [5.41, 5.74) is 5.73. The molecule has 0 atom stereocenters. The van der Waals surface area contributed by atoms with Crippen molar-refractivity contribution < 1.29 is 4.79 Å².